The molecule has 1 aromatic carbocycles. The third-order valence-corrected chi connectivity index (χ3v) is 5.47. The first-order valence-corrected chi connectivity index (χ1v) is 9.07. The van der Waals surface area contributed by atoms with Crippen LogP contribution in [0.5, 0.6) is 5.88 Å². The highest BCUT2D eigenvalue weighted by molar-refractivity contribution is 5.72. The number of pyridine rings is 1. The van der Waals surface area contributed by atoms with E-state index in [2.05, 4.69) is 28.1 Å². The van der Waals surface area contributed by atoms with E-state index >= 15 is 0 Å². The molecule has 142 valence electrons. The van der Waals surface area contributed by atoms with Crippen LogP contribution < -0.4 is 4.74 Å². The van der Waals surface area contributed by atoms with Gasteiger partial charge in [0, 0.05) is 30.4 Å². The van der Waals surface area contributed by atoms with E-state index in [1.807, 2.05) is 18.2 Å². The molecular formula is C21H21F3N2O. The number of halogens is 3. The lowest BCUT2D eigenvalue weighted by atomic mass is 9.94. The summed E-state index contributed by atoms with van der Waals surface area (Å²) in [5.41, 5.74) is 1.88. The molecule has 1 saturated heterocycles. The fourth-order valence-corrected chi connectivity index (χ4v) is 4.16. The molecule has 2 aromatic rings. The van der Waals surface area contributed by atoms with Gasteiger partial charge in [0.25, 0.3) is 0 Å². The van der Waals surface area contributed by atoms with Gasteiger partial charge in [0.1, 0.15) is 0 Å². The van der Waals surface area contributed by atoms with Crippen LogP contribution in [-0.4, -0.2) is 29.1 Å². The quantitative estimate of drug-likeness (QED) is 0.759. The minimum atomic E-state index is -4.42. The molecule has 0 amide bonds. The summed E-state index contributed by atoms with van der Waals surface area (Å²) in [4.78, 5) is 6.35. The largest absolute Gasteiger partial charge is 0.481 e. The maximum Gasteiger partial charge on any atom is 0.417 e. The van der Waals surface area contributed by atoms with E-state index in [1.165, 1.54) is 18.7 Å². The molecule has 0 aliphatic carbocycles. The summed E-state index contributed by atoms with van der Waals surface area (Å²) >= 11 is 0. The molecular weight excluding hydrogens is 353 g/mol. The van der Waals surface area contributed by atoms with Gasteiger partial charge in [-0.2, -0.15) is 13.2 Å². The Morgan fingerprint density at radius 1 is 1.19 bits per heavy atom. The number of methoxy groups -OCH3 is 1. The number of rotatable bonds is 4. The predicted octanol–water partition coefficient (Wildman–Crippen LogP) is 4.93. The van der Waals surface area contributed by atoms with Crippen molar-refractivity contribution < 1.29 is 17.9 Å². The average Bonchev–Trinajstić information content (AvgIpc) is 2.89. The molecule has 0 saturated carbocycles. The molecule has 0 radical (unpaired) electrons. The van der Waals surface area contributed by atoms with Crippen molar-refractivity contribution in [2.24, 2.45) is 0 Å². The molecule has 0 spiro atoms. The molecule has 3 nitrogen and oxygen atoms in total. The number of aromatic nitrogens is 1. The Labute approximate surface area is 156 Å². The first-order valence-electron chi connectivity index (χ1n) is 9.07. The van der Waals surface area contributed by atoms with Gasteiger partial charge in [0.2, 0.25) is 5.88 Å². The van der Waals surface area contributed by atoms with Gasteiger partial charge in [-0.3, -0.25) is 4.90 Å². The summed E-state index contributed by atoms with van der Waals surface area (Å²) in [7, 11) is 1.44. The van der Waals surface area contributed by atoms with Crippen LogP contribution in [0.4, 0.5) is 13.2 Å². The minimum Gasteiger partial charge on any atom is -0.481 e. The number of fused-ring (bicyclic) bond motifs is 2. The topological polar surface area (TPSA) is 25.4 Å². The van der Waals surface area contributed by atoms with Crippen molar-refractivity contribution in [1.82, 2.24) is 9.88 Å². The lowest BCUT2D eigenvalue weighted by Gasteiger charge is -2.34. The normalized spacial score (nSPS) is 22.6. The number of hydrogen-bond donors (Lipinski definition) is 0. The highest BCUT2D eigenvalue weighted by Gasteiger charge is 2.38. The van der Waals surface area contributed by atoms with E-state index in [-0.39, 0.29) is 11.9 Å². The fraction of sp³-hybridized carbons (Fsp3) is 0.381. The van der Waals surface area contributed by atoms with Crippen molar-refractivity contribution in [2.75, 3.05) is 7.11 Å². The molecule has 2 aliphatic rings. The van der Waals surface area contributed by atoms with Crippen LogP contribution >= 0.6 is 0 Å². The zero-order valence-corrected chi connectivity index (χ0v) is 15.0. The Balaban J connectivity index is 1.64. The molecule has 2 atom stereocenters. The van der Waals surface area contributed by atoms with Crippen LogP contribution in [0.3, 0.4) is 0 Å². The van der Waals surface area contributed by atoms with Crippen LogP contribution in [0.2, 0.25) is 0 Å². The summed E-state index contributed by atoms with van der Waals surface area (Å²) in [5.74, 6) is 0.255. The van der Waals surface area contributed by atoms with Crippen LogP contribution in [0, 0.1) is 0 Å². The van der Waals surface area contributed by atoms with Crippen molar-refractivity contribution >= 4 is 5.57 Å². The zero-order valence-electron chi connectivity index (χ0n) is 15.0. The Morgan fingerprint density at radius 2 is 1.96 bits per heavy atom. The van der Waals surface area contributed by atoms with Crippen molar-refractivity contribution in [2.45, 2.75) is 44.1 Å². The molecule has 4 rings (SSSR count). The van der Waals surface area contributed by atoms with E-state index in [0.29, 0.717) is 18.0 Å². The number of ether oxygens (including phenoxy) is 1. The Hall–Kier alpha value is -2.34. The number of hydrogen-bond acceptors (Lipinski definition) is 3. The third kappa shape index (κ3) is 3.58. The lowest BCUT2D eigenvalue weighted by molar-refractivity contribution is -0.137. The summed E-state index contributed by atoms with van der Waals surface area (Å²) in [6.45, 7) is 0.859. The molecule has 3 heterocycles. The second-order valence-corrected chi connectivity index (χ2v) is 7.13. The minimum absolute atomic E-state index is 0.234. The van der Waals surface area contributed by atoms with Crippen molar-refractivity contribution in [3.05, 3.63) is 65.4 Å². The van der Waals surface area contributed by atoms with E-state index in [9.17, 15) is 13.2 Å². The molecule has 2 unspecified atom stereocenters. The second kappa shape index (κ2) is 7.00. The molecule has 1 fully saturated rings. The molecule has 2 aliphatic heterocycles. The fourth-order valence-electron chi connectivity index (χ4n) is 4.16. The zero-order chi connectivity index (χ0) is 19.0. The highest BCUT2D eigenvalue weighted by Crippen LogP contribution is 2.42. The molecule has 0 N–H and O–H groups in total. The lowest BCUT2D eigenvalue weighted by Crippen LogP contribution is -2.37. The van der Waals surface area contributed by atoms with Gasteiger partial charge in [0.05, 0.1) is 12.7 Å². The van der Waals surface area contributed by atoms with E-state index in [0.717, 1.165) is 31.2 Å². The standard InChI is InChI=1S/C21H21F3N2O/c1-27-20-19(11-16(12-25-20)21(22,23)24)15-9-17-7-8-18(10-15)26(17)13-14-5-3-2-4-6-14/h2-6,9,11-12,17-18H,7-8,10,13H2,1H3. The van der Waals surface area contributed by atoms with Crippen LogP contribution in [0.25, 0.3) is 5.57 Å². The number of alkyl halides is 3. The smallest absolute Gasteiger partial charge is 0.417 e. The molecule has 2 bridgehead atoms. The van der Waals surface area contributed by atoms with Gasteiger partial charge in [-0.25, -0.2) is 4.98 Å². The van der Waals surface area contributed by atoms with Gasteiger partial charge in [-0.1, -0.05) is 36.4 Å². The first-order chi connectivity index (χ1) is 13.0. The maximum atomic E-state index is 13.1. The van der Waals surface area contributed by atoms with Crippen molar-refractivity contribution in [1.29, 1.82) is 0 Å². The first kappa shape index (κ1) is 18.0. The monoisotopic (exact) mass is 374 g/mol. The Kier molecular flexibility index (Phi) is 4.68. The van der Waals surface area contributed by atoms with E-state index in [4.69, 9.17) is 4.74 Å². The van der Waals surface area contributed by atoms with Gasteiger partial charge in [-0.05, 0) is 36.5 Å². The predicted molar refractivity (Wildman–Crippen MR) is 97.2 cm³/mol. The highest BCUT2D eigenvalue weighted by atomic mass is 19.4. The van der Waals surface area contributed by atoms with E-state index in [1.54, 1.807) is 0 Å². The van der Waals surface area contributed by atoms with Gasteiger partial charge in [-0.15, -0.1) is 0 Å². The number of nitrogens with zero attached hydrogens (tertiary/aromatic N) is 2. The molecule has 1 aromatic heterocycles. The number of benzene rings is 1. The Bertz CT molecular complexity index is 848. The van der Waals surface area contributed by atoms with Crippen LogP contribution in [-0.2, 0) is 12.7 Å². The van der Waals surface area contributed by atoms with Crippen LogP contribution in [0.1, 0.15) is 36.0 Å². The second-order valence-electron chi connectivity index (χ2n) is 7.13. The summed E-state index contributed by atoms with van der Waals surface area (Å²) in [6, 6.07) is 12.0. The average molecular weight is 374 g/mol. The summed E-state index contributed by atoms with van der Waals surface area (Å²) < 4.78 is 44.6. The van der Waals surface area contributed by atoms with E-state index < -0.39 is 11.7 Å². The van der Waals surface area contributed by atoms with Gasteiger partial charge < -0.3 is 4.74 Å². The molecule has 6 heteroatoms. The van der Waals surface area contributed by atoms with Crippen LogP contribution in [0.15, 0.2) is 48.7 Å². The van der Waals surface area contributed by atoms with Gasteiger partial charge >= 0.3 is 6.18 Å². The third-order valence-electron chi connectivity index (χ3n) is 5.47. The molecule has 27 heavy (non-hydrogen) atoms. The summed E-state index contributed by atoms with van der Waals surface area (Å²) in [5, 5.41) is 0. The Morgan fingerprint density at radius 3 is 2.63 bits per heavy atom. The van der Waals surface area contributed by atoms with Crippen molar-refractivity contribution in [3.63, 3.8) is 0 Å². The maximum absolute atomic E-state index is 13.1. The van der Waals surface area contributed by atoms with Crippen molar-refractivity contribution in [3.8, 4) is 5.88 Å². The SMILES string of the molecule is COc1ncc(C(F)(F)F)cc1C1=CC2CCC(C1)N2Cc1ccccc1. The van der Waals surface area contributed by atoms with Gasteiger partial charge in [0.15, 0.2) is 0 Å². The summed E-state index contributed by atoms with van der Waals surface area (Å²) in [6.07, 6.45) is 1.31.